The second-order valence-corrected chi connectivity index (χ2v) is 5.52. The molecule has 2 nitrogen and oxygen atoms in total. The van der Waals surface area contributed by atoms with Crippen molar-refractivity contribution in [2.45, 2.75) is 33.4 Å². The van der Waals surface area contributed by atoms with Crippen molar-refractivity contribution in [1.29, 1.82) is 0 Å². The van der Waals surface area contributed by atoms with Crippen molar-refractivity contribution in [2.75, 3.05) is 7.11 Å². The van der Waals surface area contributed by atoms with Crippen molar-refractivity contribution in [1.82, 2.24) is 5.32 Å². The first-order valence-electron chi connectivity index (χ1n) is 7.18. The van der Waals surface area contributed by atoms with Crippen molar-refractivity contribution in [3.05, 3.63) is 53.3 Å². The number of nitrogens with one attached hydrogen (secondary N) is 1. The Morgan fingerprint density at radius 1 is 1.14 bits per heavy atom. The molecular formula is C18H22FNO. The molecule has 0 fully saturated rings. The third-order valence-electron chi connectivity index (χ3n) is 3.48. The lowest BCUT2D eigenvalue weighted by atomic mass is 9.98. The Kier molecular flexibility index (Phi) is 4.97. The van der Waals surface area contributed by atoms with Crippen LogP contribution in [0.4, 0.5) is 4.39 Å². The molecule has 112 valence electrons. The van der Waals surface area contributed by atoms with Gasteiger partial charge < -0.3 is 10.1 Å². The molecule has 21 heavy (non-hydrogen) atoms. The third-order valence-corrected chi connectivity index (χ3v) is 3.48. The van der Waals surface area contributed by atoms with Gasteiger partial charge in [-0.3, -0.25) is 0 Å². The van der Waals surface area contributed by atoms with Gasteiger partial charge in [-0.2, -0.15) is 0 Å². The standard InChI is InChI=1S/C18H22FNO/c1-12(2)20-11-15-10-14(5-8-18(15)21-4)17-7-6-16(19)9-13(17)3/h5-10,12,20H,11H2,1-4H3. The first-order valence-corrected chi connectivity index (χ1v) is 7.18. The summed E-state index contributed by atoms with van der Waals surface area (Å²) < 4.78 is 18.7. The molecule has 2 aromatic carbocycles. The average molecular weight is 287 g/mol. The van der Waals surface area contributed by atoms with Crippen molar-refractivity contribution in [3.63, 3.8) is 0 Å². The van der Waals surface area contributed by atoms with E-state index in [0.29, 0.717) is 6.04 Å². The highest BCUT2D eigenvalue weighted by atomic mass is 19.1. The molecule has 0 radical (unpaired) electrons. The average Bonchev–Trinajstić information content (AvgIpc) is 2.45. The fourth-order valence-electron chi connectivity index (χ4n) is 2.35. The van der Waals surface area contributed by atoms with Gasteiger partial charge in [0.15, 0.2) is 0 Å². The van der Waals surface area contributed by atoms with Crippen LogP contribution in [0.2, 0.25) is 0 Å². The van der Waals surface area contributed by atoms with Crippen molar-refractivity contribution >= 4 is 0 Å². The maximum atomic E-state index is 13.2. The van der Waals surface area contributed by atoms with Crippen LogP contribution in [0.15, 0.2) is 36.4 Å². The van der Waals surface area contributed by atoms with Crippen molar-refractivity contribution in [3.8, 4) is 16.9 Å². The summed E-state index contributed by atoms with van der Waals surface area (Å²) in [6.07, 6.45) is 0. The van der Waals surface area contributed by atoms with Crippen LogP contribution in [0, 0.1) is 12.7 Å². The number of hydrogen-bond acceptors (Lipinski definition) is 2. The van der Waals surface area contributed by atoms with Gasteiger partial charge in [0.2, 0.25) is 0 Å². The van der Waals surface area contributed by atoms with E-state index in [1.165, 1.54) is 6.07 Å². The lowest BCUT2D eigenvalue weighted by Gasteiger charge is -2.14. The van der Waals surface area contributed by atoms with Crippen LogP contribution in [-0.4, -0.2) is 13.2 Å². The van der Waals surface area contributed by atoms with Gasteiger partial charge in [-0.25, -0.2) is 4.39 Å². The predicted octanol–water partition coefficient (Wildman–Crippen LogP) is 4.31. The Hall–Kier alpha value is -1.87. The molecule has 2 aromatic rings. The Morgan fingerprint density at radius 3 is 2.52 bits per heavy atom. The van der Waals surface area contributed by atoms with Gasteiger partial charge in [0.1, 0.15) is 11.6 Å². The first kappa shape index (κ1) is 15.5. The summed E-state index contributed by atoms with van der Waals surface area (Å²) in [5.74, 6) is 0.665. The lowest BCUT2D eigenvalue weighted by molar-refractivity contribution is 0.406. The number of benzene rings is 2. The number of methoxy groups -OCH3 is 1. The Balaban J connectivity index is 2.38. The predicted molar refractivity (Wildman–Crippen MR) is 85.1 cm³/mol. The highest BCUT2D eigenvalue weighted by molar-refractivity contribution is 5.69. The molecule has 0 aliphatic rings. The molecule has 0 aromatic heterocycles. The monoisotopic (exact) mass is 287 g/mol. The minimum atomic E-state index is -0.202. The molecule has 1 N–H and O–H groups in total. The van der Waals surface area contributed by atoms with Gasteiger partial charge >= 0.3 is 0 Å². The number of ether oxygens (including phenoxy) is 1. The molecule has 2 rings (SSSR count). The zero-order valence-corrected chi connectivity index (χ0v) is 13.0. The zero-order chi connectivity index (χ0) is 15.4. The quantitative estimate of drug-likeness (QED) is 0.885. The van der Waals surface area contributed by atoms with E-state index in [1.54, 1.807) is 13.2 Å². The van der Waals surface area contributed by atoms with E-state index in [4.69, 9.17) is 4.74 Å². The maximum Gasteiger partial charge on any atom is 0.123 e. The Bertz CT molecular complexity index is 623. The molecule has 0 saturated heterocycles. The largest absolute Gasteiger partial charge is 0.496 e. The van der Waals surface area contributed by atoms with Crippen molar-refractivity contribution in [2.24, 2.45) is 0 Å². The maximum absolute atomic E-state index is 13.2. The fraction of sp³-hybridized carbons (Fsp3) is 0.333. The van der Waals surface area contributed by atoms with E-state index >= 15 is 0 Å². The SMILES string of the molecule is COc1ccc(-c2ccc(F)cc2C)cc1CNC(C)C. The Morgan fingerprint density at radius 2 is 1.90 bits per heavy atom. The molecule has 0 aliphatic heterocycles. The summed E-state index contributed by atoms with van der Waals surface area (Å²) in [4.78, 5) is 0. The van der Waals surface area contributed by atoms with Crippen LogP contribution in [0.1, 0.15) is 25.0 Å². The molecule has 0 spiro atoms. The molecule has 0 aliphatic carbocycles. The second kappa shape index (κ2) is 6.72. The molecule has 0 heterocycles. The first-order chi connectivity index (χ1) is 10.0. The van der Waals surface area contributed by atoms with Crippen LogP contribution >= 0.6 is 0 Å². The number of halogens is 1. The summed E-state index contributed by atoms with van der Waals surface area (Å²) >= 11 is 0. The van der Waals surface area contributed by atoms with Crippen LogP contribution in [-0.2, 0) is 6.54 Å². The summed E-state index contributed by atoms with van der Waals surface area (Å²) in [7, 11) is 1.68. The summed E-state index contributed by atoms with van der Waals surface area (Å²) in [6, 6.07) is 11.4. The van der Waals surface area contributed by atoms with E-state index in [0.717, 1.165) is 34.5 Å². The highest BCUT2D eigenvalue weighted by Crippen LogP contribution is 2.29. The topological polar surface area (TPSA) is 21.3 Å². The van der Waals surface area contributed by atoms with Gasteiger partial charge in [-0.15, -0.1) is 0 Å². The van der Waals surface area contributed by atoms with Gasteiger partial charge in [0.05, 0.1) is 7.11 Å². The fourth-order valence-corrected chi connectivity index (χ4v) is 2.35. The summed E-state index contributed by atoms with van der Waals surface area (Å²) in [5, 5.41) is 3.40. The number of rotatable bonds is 5. The molecule has 0 amide bonds. The van der Waals surface area contributed by atoms with E-state index in [9.17, 15) is 4.39 Å². The minimum Gasteiger partial charge on any atom is -0.496 e. The van der Waals surface area contributed by atoms with E-state index in [-0.39, 0.29) is 5.82 Å². The second-order valence-electron chi connectivity index (χ2n) is 5.52. The van der Waals surface area contributed by atoms with E-state index in [2.05, 4.69) is 25.2 Å². The highest BCUT2D eigenvalue weighted by Gasteiger charge is 2.09. The van der Waals surface area contributed by atoms with Gasteiger partial charge in [0, 0.05) is 18.2 Å². The van der Waals surface area contributed by atoms with Gasteiger partial charge in [-0.1, -0.05) is 26.0 Å². The molecular weight excluding hydrogens is 265 g/mol. The summed E-state index contributed by atoms with van der Waals surface area (Å²) in [6.45, 7) is 6.89. The molecule has 3 heteroatoms. The van der Waals surface area contributed by atoms with Crippen molar-refractivity contribution < 1.29 is 9.13 Å². The summed E-state index contributed by atoms with van der Waals surface area (Å²) in [5.41, 5.74) is 4.16. The Labute approximate surface area is 126 Å². The lowest BCUT2D eigenvalue weighted by Crippen LogP contribution is -2.22. The van der Waals surface area contributed by atoms with Crippen LogP contribution in [0.3, 0.4) is 0 Å². The van der Waals surface area contributed by atoms with E-state index in [1.807, 2.05) is 25.1 Å². The van der Waals surface area contributed by atoms with Gasteiger partial charge in [-0.05, 0) is 47.9 Å². The molecule has 0 saturated carbocycles. The van der Waals surface area contributed by atoms with E-state index < -0.39 is 0 Å². The van der Waals surface area contributed by atoms with Crippen LogP contribution in [0.5, 0.6) is 5.75 Å². The molecule has 0 unspecified atom stereocenters. The smallest absolute Gasteiger partial charge is 0.123 e. The number of hydrogen-bond donors (Lipinski definition) is 1. The van der Waals surface area contributed by atoms with Crippen LogP contribution < -0.4 is 10.1 Å². The zero-order valence-electron chi connectivity index (χ0n) is 13.0. The molecule has 0 atom stereocenters. The third kappa shape index (κ3) is 3.82. The number of aryl methyl sites for hydroxylation is 1. The van der Waals surface area contributed by atoms with Crippen LogP contribution in [0.25, 0.3) is 11.1 Å². The molecule has 0 bridgehead atoms. The minimum absolute atomic E-state index is 0.202. The normalized spacial score (nSPS) is 11.0. The van der Waals surface area contributed by atoms with Gasteiger partial charge in [0.25, 0.3) is 0 Å².